The molecule has 37 heavy (non-hydrogen) atoms. The Morgan fingerprint density at radius 3 is 2.54 bits per heavy atom. The third-order valence-electron chi connectivity index (χ3n) is 6.35. The van der Waals surface area contributed by atoms with Crippen molar-refractivity contribution in [3.63, 3.8) is 0 Å². The number of nitro benzene ring substituents is 1. The van der Waals surface area contributed by atoms with E-state index < -0.39 is 10.5 Å². The number of rotatable bonds is 6. The zero-order valence-electron chi connectivity index (χ0n) is 20.5. The summed E-state index contributed by atoms with van der Waals surface area (Å²) in [6, 6.07) is 19.5. The second-order valence-corrected chi connectivity index (χ2v) is 8.58. The molecule has 2 heterocycles. The molecule has 0 saturated carbocycles. The van der Waals surface area contributed by atoms with Crippen LogP contribution in [0.15, 0.2) is 76.7 Å². The maximum absolute atomic E-state index is 13.6. The van der Waals surface area contributed by atoms with Crippen molar-refractivity contribution < 1.29 is 14.5 Å². The van der Waals surface area contributed by atoms with Gasteiger partial charge in [0.25, 0.3) is 11.2 Å². The lowest BCUT2D eigenvalue weighted by Gasteiger charge is -2.29. The van der Waals surface area contributed by atoms with E-state index in [-0.39, 0.29) is 11.4 Å². The maximum Gasteiger partial charge on any atom is 0.295 e. The van der Waals surface area contributed by atoms with Crippen molar-refractivity contribution in [1.82, 2.24) is 9.78 Å². The molecule has 1 aliphatic rings. The summed E-state index contributed by atoms with van der Waals surface area (Å²) in [5.74, 6) is 0. The zero-order valence-corrected chi connectivity index (χ0v) is 20.5. The second kappa shape index (κ2) is 10.2. The van der Waals surface area contributed by atoms with Gasteiger partial charge in [0.2, 0.25) is 0 Å². The number of hydrogen-bond donors (Lipinski definition) is 0. The first-order chi connectivity index (χ1) is 18.0. The topological polar surface area (TPSA) is 112 Å². The Balaban J connectivity index is 1.76. The van der Waals surface area contributed by atoms with E-state index in [1.54, 1.807) is 24.3 Å². The Kier molecular flexibility index (Phi) is 6.65. The summed E-state index contributed by atoms with van der Waals surface area (Å²) < 4.78 is 6.58. The summed E-state index contributed by atoms with van der Waals surface area (Å²) in [4.78, 5) is 32.1. The highest BCUT2D eigenvalue weighted by Crippen LogP contribution is 2.31. The van der Waals surface area contributed by atoms with Gasteiger partial charge in [-0.1, -0.05) is 41.6 Å². The molecule has 10 heteroatoms. The minimum atomic E-state index is -0.493. The smallest absolute Gasteiger partial charge is 0.295 e. The van der Waals surface area contributed by atoms with Gasteiger partial charge in [-0.05, 0) is 36.8 Å². The first-order valence-corrected chi connectivity index (χ1v) is 11.8. The van der Waals surface area contributed by atoms with Crippen molar-refractivity contribution in [3.05, 3.63) is 92.8 Å². The third kappa shape index (κ3) is 4.66. The second-order valence-electron chi connectivity index (χ2n) is 8.58. The van der Waals surface area contributed by atoms with Crippen LogP contribution in [-0.4, -0.2) is 53.8 Å². The Morgan fingerprint density at radius 1 is 1.05 bits per heavy atom. The average Bonchev–Trinajstić information content (AvgIpc) is 2.94. The van der Waals surface area contributed by atoms with Gasteiger partial charge in [-0.25, -0.2) is 0 Å². The standard InChI is InChI=1S/C27H25N5O5/c1-18(29-36-2)19-6-5-7-20(16-19)26-22-8-3-4-9-23(22)27(33)31(28-26)25-17-21(10-11-24(25)32(34)35)30-12-14-37-15-13-30/h3-11,16-17H,12-15H2,1-2H3/b29-18+. The number of nitro groups is 1. The van der Waals surface area contributed by atoms with E-state index in [4.69, 9.17) is 14.7 Å². The van der Waals surface area contributed by atoms with E-state index in [2.05, 4.69) is 10.1 Å². The van der Waals surface area contributed by atoms with Crippen molar-refractivity contribution in [2.45, 2.75) is 6.92 Å². The highest BCUT2D eigenvalue weighted by atomic mass is 16.6. The van der Waals surface area contributed by atoms with Crippen molar-refractivity contribution >= 4 is 27.9 Å². The summed E-state index contributed by atoms with van der Waals surface area (Å²) in [6.45, 7) is 4.25. The molecule has 1 saturated heterocycles. The van der Waals surface area contributed by atoms with Gasteiger partial charge >= 0.3 is 0 Å². The first-order valence-electron chi connectivity index (χ1n) is 11.8. The van der Waals surface area contributed by atoms with Crippen LogP contribution >= 0.6 is 0 Å². The molecule has 4 aromatic rings. The highest BCUT2D eigenvalue weighted by Gasteiger charge is 2.23. The lowest BCUT2D eigenvalue weighted by molar-refractivity contribution is -0.384. The van der Waals surface area contributed by atoms with E-state index >= 15 is 0 Å². The lowest BCUT2D eigenvalue weighted by atomic mass is 10.0. The third-order valence-corrected chi connectivity index (χ3v) is 6.35. The molecular weight excluding hydrogens is 474 g/mol. The SMILES string of the molecule is CO/N=C(\C)c1cccc(-c2nn(-c3cc(N4CCOCC4)ccc3[N+](=O)[O-])c(=O)c3ccccc23)c1. The van der Waals surface area contributed by atoms with E-state index in [0.717, 1.165) is 21.5 Å². The van der Waals surface area contributed by atoms with E-state index in [9.17, 15) is 14.9 Å². The Labute approximate surface area is 212 Å². The van der Waals surface area contributed by atoms with Crippen LogP contribution in [0.3, 0.4) is 0 Å². The minimum Gasteiger partial charge on any atom is -0.399 e. The van der Waals surface area contributed by atoms with Crippen LogP contribution in [0.4, 0.5) is 11.4 Å². The molecule has 188 valence electrons. The summed E-state index contributed by atoms with van der Waals surface area (Å²) in [5.41, 5.74) is 2.99. The number of anilines is 1. The molecule has 0 bridgehead atoms. The average molecular weight is 500 g/mol. The number of nitrogens with zero attached hydrogens (tertiary/aromatic N) is 5. The fourth-order valence-corrected chi connectivity index (χ4v) is 4.50. The molecule has 10 nitrogen and oxygen atoms in total. The largest absolute Gasteiger partial charge is 0.399 e. The number of aromatic nitrogens is 2. The lowest BCUT2D eigenvalue weighted by Crippen LogP contribution is -2.36. The summed E-state index contributed by atoms with van der Waals surface area (Å²) >= 11 is 0. The number of hydrogen-bond acceptors (Lipinski definition) is 8. The van der Waals surface area contributed by atoms with Crippen molar-refractivity contribution in [2.75, 3.05) is 38.3 Å². The maximum atomic E-state index is 13.6. The normalized spacial score (nSPS) is 14.1. The number of morpholine rings is 1. The fourth-order valence-electron chi connectivity index (χ4n) is 4.50. The summed E-state index contributed by atoms with van der Waals surface area (Å²) in [5, 5.41) is 21.8. The molecule has 0 radical (unpaired) electrons. The van der Waals surface area contributed by atoms with Crippen LogP contribution in [0.1, 0.15) is 12.5 Å². The molecule has 0 atom stereocenters. The van der Waals surface area contributed by atoms with Crippen LogP contribution in [0.2, 0.25) is 0 Å². The Bertz CT molecular complexity index is 1570. The fraction of sp³-hybridized carbons (Fsp3) is 0.222. The predicted molar refractivity (Wildman–Crippen MR) is 142 cm³/mol. The van der Waals surface area contributed by atoms with E-state index in [1.807, 2.05) is 43.3 Å². The predicted octanol–water partition coefficient (Wildman–Crippen LogP) is 4.17. The van der Waals surface area contributed by atoms with Crippen molar-refractivity contribution in [1.29, 1.82) is 0 Å². The van der Waals surface area contributed by atoms with Gasteiger partial charge in [-0.15, -0.1) is 0 Å². The zero-order chi connectivity index (χ0) is 25.9. The molecule has 1 aliphatic heterocycles. The molecule has 0 N–H and O–H groups in total. The van der Waals surface area contributed by atoms with E-state index in [0.29, 0.717) is 48.5 Å². The van der Waals surface area contributed by atoms with Gasteiger partial charge in [0.15, 0.2) is 0 Å². The van der Waals surface area contributed by atoms with Gasteiger partial charge in [0.1, 0.15) is 12.8 Å². The molecule has 5 rings (SSSR count). The van der Waals surface area contributed by atoms with Crippen molar-refractivity contribution in [3.8, 4) is 16.9 Å². The van der Waals surface area contributed by atoms with Crippen LogP contribution in [0.5, 0.6) is 0 Å². The minimum absolute atomic E-state index is 0.110. The van der Waals surface area contributed by atoms with Crippen LogP contribution in [0.25, 0.3) is 27.7 Å². The highest BCUT2D eigenvalue weighted by molar-refractivity contribution is 6.00. The molecule has 0 spiro atoms. The monoisotopic (exact) mass is 499 g/mol. The van der Waals surface area contributed by atoms with Crippen LogP contribution < -0.4 is 10.5 Å². The Morgan fingerprint density at radius 2 is 1.81 bits per heavy atom. The first kappa shape index (κ1) is 24.1. The molecular formula is C27H25N5O5. The molecule has 1 fully saturated rings. The quantitative estimate of drug-likeness (QED) is 0.222. The number of oxime groups is 1. The van der Waals surface area contributed by atoms with Crippen molar-refractivity contribution in [2.24, 2.45) is 5.16 Å². The molecule has 0 amide bonds. The number of fused-ring (bicyclic) bond motifs is 1. The van der Waals surface area contributed by atoms with Crippen LogP contribution in [0, 0.1) is 10.1 Å². The molecule has 0 unspecified atom stereocenters. The van der Waals surface area contributed by atoms with Crippen LogP contribution in [-0.2, 0) is 9.57 Å². The van der Waals surface area contributed by atoms with Gasteiger partial charge in [0, 0.05) is 35.8 Å². The summed E-state index contributed by atoms with van der Waals surface area (Å²) in [7, 11) is 1.48. The summed E-state index contributed by atoms with van der Waals surface area (Å²) in [6.07, 6.45) is 0. The van der Waals surface area contributed by atoms with E-state index in [1.165, 1.54) is 13.2 Å². The number of ether oxygens (including phenoxy) is 1. The van der Waals surface area contributed by atoms with Gasteiger partial charge in [-0.2, -0.15) is 9.78 Å². The molecule has 0 aliphatic carbocycles. The number of benzene rings is 3. The van der Waals surface area contributed by atoms with Gasteiger partial charge in [0.05, 0.1) is 34.9 Å². The Hall–Kier alpha value is -4.57. The van der Waals surface area contributed by atoms with Gasteiger partial charge < -0.3 is 14.5 Å². The molecule has 1 aromatic heterocycles. The van der Waals surface area contributed by atoms with Gasteiger partial charge in [-0.3, -0.25) is 14.9 Å². The molecule has 3 aromatic carbocycles.